The lowest BCUT2D eigenvalue weighted by atomic mass is 10.2. The summed E-state index contributed by atoms with van der Waals surface area (Å²) in [6.07, 6.45) is -0.0243. The van der Waals surface area contributed by atoms with Crippen molar-refractivity contribution in [1.29, 1.82) is 0 Å². The molecule has 0 aliphatic rings. The quantitative estimate of drug-likeness (QED) is 0.943. The number of hydrogen-bond donors (Lipinski definition) is 1. The van der Waals surface area contributed by atoms with Crippen molar-refractivity contribution in [3.63, 3.8) is 0 Å². The van der Waals surface area contributed by atoms with Crippen LogP contribution in [0.15, 0.2) is 28.1 Å². The fourth-order valence-electron chi connectivity index (χ4n) is 1.40. The molecular weight excluding hydrogens is 302 g/mol. The highest BCUT2D eigenvalue weighted by molar-refractivity contribution is 9.10. The number of nitrogens with zero attached hydrogens (tertiary/aromatic N) is 1. The number of thiazole rings is 1. The Labute approximate surface area is 111 Å². The molecule has 1 N–H and O–H groups in total. The zero-order valence-electron chi connectivity index (χ0n) is 9.11. The number of aromatic nitrogens is 1. The van der Waals surface area contributed by atoms with Gasteiger partial charge in [0.1, 0.15) is 5.01 Å². The molecule has 0 unspecified atom stereocenters. The largest absolute Gasteiger partial charge is 0.481 e. The van der Waals surface area contributed by atoms with Crippen molar-refractivity contribution in [2.45, 2.75) is 13.3 Å². The lowest BCUT2D eigenvalue weighted by molar-refractivity contribution is -0.136. The van der Waals surface area contributed by atoms with Gasteiger partial charge in [0, 0.05) is 15.4 Å². The highest BCUT2D eigenvalue weighted by Gasteiger charge is 2.08. The average Bonchev–Trinajstić information content (AvgIpc) is 2.69. The van der Waals surface area contributed by atoms with Gasteiger partial charge in [-0.2, -0.15) is 0 Å². The molecule has 3 nitrogen and oxygen atoms in total. The molecule has 0 radical (unpaired) electrons. The number of hydrogen-bond acceptors (Lipinski definition) is 3. The molecule has 0 aliphatic carbocycles. The molecule has 2 rings (SSSR count). The summed E-state index contributed by atoms with van der Waals surface area (Å²) in [6.45, 7) is 2.02. The van der Waals surface area contributed by atoms with Crippen molar-refractivity contribution in [3.8, 4) is 10.6 Å². The third-order valence-corrected chi connectivity index (χ3v) is 4.10. The molecule has 0 fully saturated rings. The summed E-state index contributed by atoms with van der Waals surface area (Å²) in [5.41, 5.74) is 2.77. The molecule has 0 aliphatic heterocycles. The van der Waals surface area contributed by atoms with E-state index < -0.39 is 5.97 Å². The van der Waals surface area contributed by atoms with Crippen molar-refractivity contribution in [3.05, 3.63) is 39.3 Å². The third kappa shape index (κ3) is 2.92. The summed E-state index contributed by atoms with van der Waals surface area (Å²) in [4.78, 5) is 14.9. The van der Waals surface area contributed by atoms with E-state index in [4.69, 9.17) is 5.11 Å². The van der Waals surface area contributed by atoms with Crippen LogP contribution >= 0.6 is 27.3 Å². The van der Waals surface area contributed by atoms with Gasteiger partial charge in [-0.3, -0.25) is 4.79 Å². The van der Waals surface area contributed by atoms with E-state index in [1.807, 2.05) is 25.1 Å². The van der Waals surface area contributed by atoms with E-state index in [-0.39, 0.29) is 6.42 Å². The van der Waals surface area contributed by atoms with Gasteiger partial charge in [0.2, 0.25) is 0 Å². The summed E-state index contributed by atoms with van der Waals surface area (Å²) in [7, 11) is 0. The molecule has 1 heterocycles. The summed E-state index contributed by atoms with van der Waals surface area (Å²) in [5.74, 6) is -0.855. The maximum absolute atomic E-state index is 10.6. The van der Waals surface area contributed by atoms with Crippen molar-refractivity contribution >= 4 is 33.2 Å². The minimum atomic E-state index is -0.855. The van der Waals surface area contributed by atoms with Crippen molar-refractivity contribution < 1.29 is 9.90 Å². The number of carboxylic acid groups (broad SMARTS) is 1. The second-order valence-corrected chi connectivity index (χ2v) is 5.39. The SMILES string of the molecule is Cc1ccc(-c2nc(CC(=O)O)cs2)cc1Br. The second-order valence-electron chi connectivity index (χ2n) is 3.68. The van der Waals surface area contributed by atoms with Crippen molar-refractivity contribution in [2.75, 3.05) is 0 Å². The van der Waals surface area contributed by atoms with Crippen LogP contribution < -0.4 is 0 Å². The molecule has 0 bridgehead atoms. The van der Waals surface area contributed by atoms with Gasteiger partial charge in [-0.15, -0.1) is 11.3 Å². The van der Waals surface area contributed by atoms with Crippen LogP contribution in [-0.4, -0.2) is 16.1 Å². The van der Waals surface area contributed by atoms with E-state index in [2.05, 4.69) is 20.9 Å². The maximum atomic E-state index is 10.6. The molecule has 0 spiro atoms. The Morgan fingerprint density at radius 1 is 1.53 bits per heavy atom. The number of rotatable bonds is 3. The predicted octanol–water partition coefficient (Wildman–Crippen LogP) is 3.51. The summed E-state index contributed by atoms with van der Waals surface area (Å²) >= 11 is 4.94. The normalized spacial score (nSPS) is 10.5. The van der Waals surface area contributed by atoms with E-state index in [1.54, 1.807) is 5.38 Å². The standard InChI is InChI=1S/C12H10BrNO2S/c1-7-2-3-8(4-10(7)13)12-14-9(6-17-12)5-11(15)16/h2-4,6H,5H2,1H3,(H,15,16). The van der Waals surface area contributed by atoms with Gasteiger partial charge in [-0.1, -0.05) is 28.1 Å². The van der Waals surface area contributed by atoms with Crippen LogP contribution in [0.1, 0.15) is 11.3 Å². The average molecular weight is 312 g/mol. The monoisotopic (exact) mass is 311 g/mol. The van der Waals surface area contributed by atoms with Crippen LogP contribution in [0.25, 0.3) is 10.6 Å². The number of benzene rings is 1. The smallest absolute Gasteiger partial charge is 0.309 e. The maximum Gasteiger partial charge on any atom is 0.309 e. The predicted molar refractivity (Wildman–Crippen MR) is 71.3 cm³/mol. The molecule has 1 aromatic heterocycles. The van der Waals surface area contributed by atoms with Gasteiger partial charge in [0.25, 0.3) is 0 Å². The van der Waals surface area contributed by atoms with Crippen molar-refractivity contribution in [2.24, 2.45) is 0 Å². The Bertz CT molecular complexity index is 565. The fraction of sp³-hybridized carbons (Fsp3) is 0.167. The Balaban J connectivity index is 2.30. The first-order chi connectivity index (χ1) is 8.06. The fourth-order valence-corrected chi connectivity index (χ4v) is 2.60. The van der Waals surface area contributed by atoms with Crippen LogP contribution in [0.2, 0.25) is 0 Å². The first-order valence-electron chi connectivity index (χ1n) is 4.99. The van der Waals surface area contributed by atoms with Gasteiger partial charge in [-0.05, 0) is 18.6 Å². The van der Waals surface area contributed by atoms with E-state index in [0.29, 0.717) is 5.69 Å². The summed E-state index contributed by atoms with van der Waals surface area (Å²) in [6, 6.07) is 6.00. The minimum Gasteiger partial charge on any atom is -0.481 e. The van der Waals surface area contributed by atoms with Gasteiger partial charge < -0.3 is 5.11 Å². The summed E-state index contributed by atoms with van der Waals surface area (Å²) < 4.78 is 1.03. The van der Waals surface area contributed by atoms with E-state index in [1.165, 1.54) is 11.3 Å². The molecule has 0 saturated carbocycles. The molecule has 2 aromatic rings. The van der Waals surface area contributed by atoms with Gasteiger partial charge in [-0.25, -0.2) is 4.98 Å². The summed E-state index contributed by atoms with van der Waals surface area (Å²) in [5, 5.41) is 11.3. The Kier molecular flexibility index (Phi) is 3.59. The number of halogens is 1. The number of carbonyl (C=O) groups is 1. The van der Waals surface area contributed by atoms with Crippen LogP contribution in [0.3, 0.4) is 0 Å². The first-order valence-corrected chi connectivity index (χ1v) is 6.66. The molecule has 88 valence electrons. The second kappa shape index (κ2) is 4.98. The topological polar surface area (TPSA) is 50.2 Å². The van der Waals surface area contributed by atoms with Crippen molar-refractivity contribution in [1.82, 2.24) is 4.98 Å². The molecule has 0 atom stereocenters. The lowest BCUT2D eigenvalue weighted by Crippen LogP contribution is -1.99. The highest BCUT2D eigenvalue weighted by Crippen LogP contribution is 2.28. The molecule has 0 saturated heterocycles. The van der Waals surface area contributed by atoms with Crippen LogP contribution in [-0.2, 0) is 11.2 Å². The van der Waals surface area contributed by atoms with Crippen LogP contribution in [0.4, 0.5) is 0 Å². The number of aliphatic carboxylic acids is 1. The number of aryl methyl sites for hydroxylation is 1. The molecule has 5 heteroatoms. The zero-order chi connectivity index (χ0) is 12.4. The van der Waals surface area contributed by atoms with Gasteiger partial charge in [0.05, 0.1) is 12.1 Å². The Morgan fingerprint density at radius 3 is 2.94 bits per heavy atom. The highest BCUT2D eigenvalue weighted by atomic mass is 79.9. The van der Waals surface area contributed by atoms with E-state index in [0.717, 1.165) is 20.6 Å². The minimum absolute atomic E-state index is 0.0243. The Morgan fingerprint density at radius 2 is 2.29 bits per heavy atom. The third-order valence-electron chi connectivity index (χ3n) is 2.30. The zero-order valence-corrected chi connectivity index (χ0v) is 11.5. The first kappa shape index (κ1) is 12.3. The molecule has 0 amide bonds. The van der Waals surface area contributed by atoms with Gasteiger partial charge in [0.15, 0.2) is 0 Å². The van der Waals surface area contributed by atoms with Gasteiger partial charge >= 0.3 is 5.97 Å². The lowest BCUT2D eigenvalue weighted by Gasteiger charge is -2.00. The van der Waals surface area contributed by atoms with E-state index >= 15 is 0 Å². The van der Waals surface area contributed by atoms with Crippen LogP contribution in [0.5, 0.6) is 0 Å². The molecular formula is C12H10BrNO2S. The molecule has 17 heavy (non-hydrogen) atoms. The van der Waals surface area contributed by atoms with E-state index in [9.17, 15) is 4.79 Å². The Hall–Kier alpha value is -1.20. The van der Waals surface area contributed by atoms with Crippen LogP contribution in [0, 0.1) is 6.92 Å². The number of carboxylic acids is 1. The molecule has 1 aromatic carbocycles.